The van der Waals surface area contributed by atoms with Gasteiger partial charge in [-0.1, -0.05) is 29.8 Å². The number of esters is 1. The topological polar surface area (TPSA) is 46.5 Å². The maximum Gasteiger partial charge on any atom is 0.335 e. The first-order valence-corrected chi connectivity index (χ1v) is 4.45. The summed E-state index contributed by atoms with van der Waals surface area (Å²) in [4.78, 5) is 10.9. The standard InChI is InChI=1S/C11H14O3/c1-8-3-5-9(6-4-8)7-10(12)11(13)14-2/h3-6,10,12H,7H2,1-2H3/t10-/m1/s1. The Bertz CT molecular complexity index is 303. The average Bonchev–Trinajstić information content (AvgIpc) is 2.20. The molecule has 3 heteroatoms. The number of aliphatic hydroxyl groups excluding tert-OH is 1. The number of hydrogen-bond acceptors (Lipinski definition) is 3. The first kappa shape index (κ1) is 10.7. The fourth-order valence-electron chi connectivity index (χ4n) is 1.17. The molecule has 0 amide bonds. The van der Waals surface area contributed by atoms with E-state index < -0.39 is 12.1 Å². The molecule has 0 aromatic heterocycles. The van der Waals surface area contributed by atoms with Gasteiger partial charge in [-0.3, -0.25) is 0 Å². The SMILES string of the molecule is COC(=O)[C@H](O)Cc1ccc(C)cc1. The summed E-state index contributed by atoms with van der Waals surface area (Å²) in [5, 5.41) is 9.37. The molecule has 0 spiro atoms. The fourth-order valence-corrected chi connectivity index (χ4v) is 1.17. The number of aliphatic hydroxyl groups is 1. The third-order valence-electron chi connectivity index (χ3n) is 2.02. The second-order valence-corrected chi connectivity index (χ2v) is 3.23. The average molecular weight is 194 g/mol. The summed E-state index contributed by atoms with van der Waals surface area (Å²) in [6.45, 7) is 1.99. The Kier molecular flexibility index (Phi) is 3.65. The van der Waals surface area contributed by atoms with E-state index in [1.165, 1.54) is 7.11 Å². The highest BCUT2D eigenvalue weighted by Gasteiger charge is 2.15. The van der Waals surface area contributed by atoms with Gasteiger partial charge in [-0.15, -0.1) is 0 Å². The Labute approximate surface area is 83.3 Å². The molecule has 0 aliphatic carbocycles. The van der Waals surface area contributed by atoms with E-state index in [-0.39, 0.29) is 0 Å². The summed E-state index contributed by atoms with van der Waals surface area (Å²) in [5.41, 5.74) is 2.08. The molecular weight excluding hydrogens is 180 g/mol. The van der Waals surface area contributed by atoms with Gasteiger partial charge in [0.05, 0.1) is 7.11 Å². The summed E-state index contributed by atoms with van der Waals surface area (Å²) in [5.74, 6) is -0.592. The van der Waals surface area contributed by atoms with Crippen LogP contribution >= 0.6 is 0 Å². The van der Waals surface area contributed by atoms with Crippen LogP contribution in [-0.4, -0.2) is 24.3 Å². The second kappa shape index (κ2) is 4.77. The van der Waals surface area contributed by atoms with Gasteiger partial charge in [-0.2, -0.15) is 0 Å². The minimum absolute atomic E-state index is 0.299. The first-order chi connectivity index (χ1) is 6.63. The van der Waals surface area contributed by atoms with Gasteiger partial charge in [-0.05, 0) is 12.5 Å². The van der Waals surface area contributed by atoms with Crippen LogP contribution in [0.15, 0.2) is 24.3 Å². The highest BCUT2D eigenvalue weighted by atomic mass is 16.5. The van der Waals surface area contributed by atoms with Gasteiger partial charge >= 0.3 is 5.97 Å². The minimum Gasteiger partial charge on any atom is -0.467 e. The summed E-state index contributed by atoms with van der Waals surface area (Å²) >= 11 is 0. The van der Waals surface area contributed by atoms with Crippen LogP contribution < -0.4 is 0 Å². The first-order valence-electron chi connectivity index (χ1n) is 4.45. The predicted octanol–water partition coefficient (Wildman–Crippen LogP) is 1.07. The van der Waals surface area contributed by atoms with Gasteiger partial charge in [-0.25, -0.2) is 4.79 Å². The molecule has 0 aliphatic rings. The second-order valence-electron chi connectivity index (χ2n) is 3.23. The molecule has 0 aliphatic heterocycles. The number of aryl methyl sites for hydroxylation is 1. The molecule has 1 atom stereocenters. The van der Waals surface area contributed by atoms with Crippen LogP contribution in [0.3, 0.4) is 0 Å². The lowest BCUT2D eigenvalue weighted by atomic mass is 10.1. The lowest BCUT2D eigenvalue weighted by Crippen LogP contribution is -2.24. The van der Waals surface area contributed by atoms with Gasteiger partial charge in [0, 0.05) is 6.42 Å². The monoisotopic (exact) mass is 194 g/mol. The van der Waals surface area contributed by atoms with Crippen molar-refractivity contribution >= 4 is 5.97 Å². The number of rotatable bonds is 3. The van der Waals surface area contributed by atoms with Crippen LogP contribution in [-0.2, 0) is 16.0 Å². The van der Waals surface area contributed by atoms with E-state index in [0.29, 0.717) is 6.42 Å². The number of hydrogen-bond donors (Lipinski definition) is 1. The molecular formula is C11H14O3. The van der Waals surface area contributed by atoms with Crippen molar-refractivity contribution in [3.05, 3.63) is 35.4 Å². The largest absolute Gasteiger partial charge is 0.467 e. The fraction of sp³-hybridized carbons (Fsp3) is 0.364. The van der Waals surface area contributed by atoms with E-state index in [4.69, 9.17) is 0 Å². The van der Waals surface area contributed by atoms with Gasteiger partial charge in [0.1, 0.15) is 0 Å². The van der Waals surface area contributed by atoms with Crippen molar-refractivity contribution in [2.75, 3.05) is 7.11 Å². The summed E-state index contributed by atoms with van der Waals surface area (Å²) in [6, 6.07) is 7.67. The molecule has 0 saturated heterocycles. The van der Waals surface area contributed by atoms with Gasteiger partial charge < -0.3 is 9.84 Å². The van der Waals surface area contributed by atoms with Crippen molar-refractivity contribution in [3.63, 3.8) is 0 Å². The number of benzene rings is 1. The van der Waals surface area contributed by atoms with Crippen molar-refractivity contribution < 1.29 is 14.6 Å². The van der Waals surface area contributed by atoms with Crippen LogP contribution in [0.2, 0.25) is 0 Å². The van der Waals surface area contributed by atoms with Crippen molar-refractivity contribution in [3.8, 4) is 0 Å². The molecule has 0 radical (unpaired) electrons. The van der Waals surface area contributed by atoms with E-state index in [0.717, 1.165) is 11.1 Å². The number of methoxy groups -OCH3 is 1. The van der Waals surface area contributed by atoms with E-state index in [1.54, 1.807) is 0 Å². The zero-order valence-electron chi connectivity index (χ0n) is 8.36. The van der Waals surface area contributed by atoms with Crippen LogP contribution in [0.5, 0.6) is 0 Å². The molecule has 0 saturated carbocycles. The lowest BCUT2D eigenvalue weighted by Gasteiger charge is -2.07. The van der Waals surface area contributed by atoms with Crippen molar-refractivity contribution in [2.24, 2.45) is 0 Å². The number of carbonyl (C=O) groups excluding carboxylic acids is 1. The summed E-state index contributed by atoms with van der Waals surface area (Å²) in [7, 11) is 1.26. The Hall–Kier alpha value is -1.35. The molecule has 1 N–H and O–H groups in total. The number of ether oxygens (including phenoxy) is 1. The van der Waals surface area contributed by atoms with Crippen LogP contribution in [0.1, 0.15) is 11.1 Å². The normalized spacial score (nSPS) is 12.2. The number of carbonyl (C=O) groups is 1. The lowest BCUT2D eigenvalue weighted by molar-refractivity contribution is -0.150. The molecule has 0 bridgehead atoms. The zero-order valence-corrected chi connectivity index (χ0v) is 8.36. The Morgan fingerprint density at radius 2 is 2.00 bits per heavy atom. The minimum atomic E-state index is -1.07. The van der Waals surface area contributed by atoms with Crippen molar-refractivity contribution in [1.29, 1.82) is 0 Å². The van der Waals surface area contributed by atoms with Gasteiger partial charge in [0.2, 0.25) is 0 Å². The summed E-state index contributed by atoms with van der Waals surface area (Å²) in [6.07, 6.45) is -0.768. The molecule has 0 unspecified atom stereocenters. The molecule has 1 aromatic carbocycles. The maximum atomic E-state index is 10.9. The molecule has 0 heterocycles. The highest BCUT2D eigenvalue weighted by Crippen LogP contribution is 2.06. The highest BCUT2D eigenvalue weighted by molar-refractivity contribution is 5.74. The quantitative estimate of drug-likeness (QED) is 0.732. The van der Waals surface area contributed by atoms with E-state index in [9.17, 15) is 9.90 Å². The third kappa shape index (κ3) is 2.85. The Balaban J connectivity index is 2.60. The molecule has 0 fully saturated rings. The van der Waals surface area contributed by atoms with E-state index in [1.807, 2.05) is 31.2 Å². The summed E-state index contributed by atoms with van der Waals surface area (Å²) < 4.78 is 4.42. The smallest absolute Gasteiger partial charge is 0.335 e. The van der Waals surface area contributed by atoms with E-state index in [2.05, 4.69) is 4.74 Å². The van der Waals surface area contributed by atoms with Crippen LogP contribution in [0.25, 0.3) is 0 Å². The van der Waals surface area contributed by atoms with Crippen molar-refractivity contribution in [2.45, 2.75) is 19.4 Å². The molecule has 14 heavy (non-hydrogen) atoms. The van der Waals surface area contributed by atoms with Gasteiger partial charge in [0.25, 0.3) is 0 Å². The predicted molar refractivity (Wildman–Crippen MR) is 52.9 cm³/mol. The molecule has 76 valence electrons. The van der Waals surface area contributed by atoms with Crippen LogP contribution in [0, 0.1) is 6.92 Å². The third-order valence-corrected chi connectivity index (χ3v) is 2.02. The Morgan fingerprint density at radius 3 is 2.50 bits per heavy atom. The Morgan fingerprint density at radius 1 is 1.43 bits per heavy atom. The maximum absolute atomic E-state index is 10.9. The molecule has 1 aromatic rings. The van der Waals surface area contributed by atoms with Crippen molar-refractivity contribution in [1.82, 2.24) is 0 Å². The van der Waals surface area contributed by atoms with Gasteiger partial charge in [0.15, 0.2) is 6.10 Å². The molecule has 1 rings (SSSR count). The zero-order chi connectivity index (χ0) is 10.6. The van der Waals surface area contributed by atoms with Crippen LogP contribution in [0.4, 0.5) is 0 Å². The van der Waals surface area contributed by atoms with E-state index >= 15 is 0 Å². The molecule has 3 nitrogen and oxygen atoms in total.